The molecule has 1 fully saturated rings. The van der Waals surface area contributed by atoms with Crippen molar-refractivity contribution in [3.8, 4) is 0 Å². The van der Waals surface area contributed by atoms with Crippen LogP contribution in [0.4, 0.5) is 13.2 Å². The van der Waals surface area contributed by atoms with Crippen LogP contribution in [0.15, 0.2) is 12.3 Å². The molecule has 1 amide bonds. The molecule has 0 radical (unpaired) electrons. The lowest BCUT2D eigenvalue weighted by atomic mass is 10.0. The Hall–Kier alpha value is -1.00. The van der Waals surface area contributed by atoms with Crippen molar-refractivity contribution in [2.24, 2.45) is 5.92 Å². The summed E-state index contributed by atoms with van der Waals surface area (Å²) in [4.78, 5) is 12.6. The summed E-state index contributed by atoms with van der Waals surface area (Å²) >= 11 is 0. The molecular formula is C12H18F3NO. The maximum Gasteiger partial charge on any atom is 0.395 e. The zero-order valence-corrected chi connectivity index (χ0v) is 9.96. The van der Waals surface area contributed by atoms with Gasteiger partial charge in [0.05, 0.1) is 5.92 Å². The predicted molar refractivity (Wildman–Crippen MR) is 59.2 cm³/mol. The van der Waals surface area contributed by atoms with Crippen LogP contribution in [0.3, 0.4) is 0 Å². The number of allylic oxidation sites excluding steroid dienone is 1. The van der Waals surface area contributed by atoms with Crippen LogP contribution < -0.4 is 0 Å². The van der Waals surface area contributed by atoms with Crippen LogP contribution in [0, 0.1) is 5.92 Å². The number of nitrogens with zero attached hydrogens (tertiary/aromatic N) is 1. The van der Waals surface area contributed by atoms with Gasteiger partial charge in [-0.3, -0.25) is 4.79 Å². The third-order valence-corrected chi connectivity index (χ3v) is 2.90. The van der Waals surface area contributed by atoms with E-state index >= 15 is 0 Å². The van der Waals surface area contributed by atoms with E-state index in [9.17, 15) is 18.0 Å². The van der Waals surface area contributed by atoms with Crippen molar-refractivity contribution in [3.05, 3.63) is 12.3 Å². The molecule has 0 aromatic carbocycles. The summed E-state index contributed by atoms with van der Waals surface area (Å²) in [5.74, 6) is -1.52. The Morgan fingerprint density at radius 1 is 1.47 bits per heavy atom. The SMILES string of the molecule is CCCCC(/C=C/N1CCCC1=O)C(F)(F)F. The molecule has 1 saturated heterocycles. The number of likely N-dealkylation sites (tertiary alicyclic amines) is 1. The maximum absolute atomic E-state index is 12.7. The van der Waals surface area contributed by atoms with Gasteiger partial charge in [0.2, 0.25) is 5.91 Å². The van der Waals surface area contributed by atoms with Gasteiger partial charge in [-0.05, 0) is 12.8 Å². The molecule has 0 N–H and O–H groups in total. The minimum atomic E-state index is -4.21. The summed E-state index contributed by atoms with van der Waals surface area (Å²) in [6.45, 7) is 2.40. The molecule has 1 aliphatic heterocycles. The fourth-order valence-electron chi connectivity index (χ4n) is 1.83. The molecule has 0 aliphatic carbocycles. The van der Waals surface area contributed by atoms with E-state index in [2.05, 4.69) is 0 Å². The fourth-order valence-corrected chi connectivity index (χ4v) is 1.83. The van der Waals surface area contributed by atoms with Gasteiger partial charge in [-0.2, -0.15) is 13.2 Å². The highest BCUT2D eigenvalue weighted by atomic mass is 19.4. The molecule has 0 spiro atoms. The van der Waals surface area contributed by atoms with Gasteiger partial charge in [0.15, 0.2) is 0 Å². The Labute approximate surface area is 99.5 Å². The van der Waals surface area contributed by atoms with Gasteiger partial charge in [0.25, 0.3) is 0 Å². The van der Waals surface area contributed by atoms with Crippen molar-refractivity contribution in [2.75, 3.05) is 6.54 Å². The predicted octanol–water partition coefficient (Wildman–Crippen LogP) is 3.49. The van der Waals surface area contributed by atoms with E-state index in [1.165, 1.54) is 11.1 Å². The molecule has 1 atom stereocenters. The molecule has 17 heavy (non-hydrogen) atoms. The van der Waals surface area contributed by atoms with Crippen molar-refractivity contribution in [3.63, 3.8) is 0 Å². The standard InChI is InChI=1S/C12H18F3NO/c1-2-3-5-10(12(13,14)15)7-9-16-8-4-6-11(16)17/h7,9-10H,2-6,8H2,1H3/b9-7+. The third-order valence-electron chi connectivity index (χ3n) is 2.90. The number of alkyl halides is 3. The van der Waals surface area contributed by atoms with Gasteiger partial charge in [-0.15, -0.1) is 0 Å². The Bertz CT molecular complexity index is 286. The average molecular weight is 249 g/mol. The topological polar surface area (TPSA) is 20.3 Å². The summed E-state index contributed by atoms with van der Waals surface area (Å²) in [7, 11) is 0. The van der Waals surface area contributed by atoms with Gasteiger partial charge in [-0.1, -0.05) is 25.8 Å². The first-order chi connectivity index (χ1) is 7.95. The zero-order valence-electron chi connectivity index (χ0n) is 9.96. The molecule has 0 saturated carbocycles. The molecule has 0 aromatic heterocycles. The van der Waals surface area contributed by atoms with E-state index < -0.39 is 12.1 Å². The normalized spacial score (nSPS) is 19.3. The van der Waals surface area contributed by atoms with E-state index in [1.807, 2.05) is 6.92 Å². The first-order valence-corrected chi connectivity index (χ1v) is 5.99. The van der Waals surface area contributed by atoms with Gasteiger partial charge in [-0.25, -0.2) is 0 Å². The van der Waals surface area contributed by atoms with Crippen LogP contribution in [0.25, 0.3) is 0 Å². The highest BCUT2D eigenvalue weighted by Gasteiger charge is 2.37. The number of amides is 1. The first-order valence-electron chi connectivity index (χ1n) is 5.99. The first kappa shape index (κ1) is 14.1. The van der Waals surface area contributed by atoms with Crippen LogP contribution in [0.5, 0.6) is 0 Å². The van der Waals surface area contributed by atoms with Crippen LogP contribution in [-0.2, 0) is 4.79 Å². The lowest BCUT2D eigenvalue weighted by molar-refractivity contribution is -0.163. The van der Waals surface area contributed by atoms with E-state index in [4.69, 9.17) is 0 Å². The highest BCUT2D eigenvalue weighted by molar-refractivity contribution is 5.79. The molecule has 98 valence electrons. The average Bonchev–Trinajstić information content (AvgIpc) is 2.62. The summed E-state index contributed by atoms with van der Waals surface area (Å²) in [6, 6.07) is 0. The summed E-state index contributed by atoms with van der Waals surface area (Å²) in [6.07, 6.45) is 0.769. The second-order valence-electron chi connectivity index (χ2n) is 4.32. The van der Waals surface area contributed by atoms with Crippen molar-refractivity contribution < 1.29 is 18.0 Å². The molecule has 1 heterocycles. The Kier molecular flexibility index (Phi) is 5.02. The molecule has 0 bridgehead atoms. The van der Waals surface area contributed by atoms with Gasteiger partial charge in [0, 0.05) is 19.2 Å². The summed E-state index contributed by atoms with van der Waals surface area (Å²) in [5, 5.41) is 0. The Morgan fingerprint density at radius 2 is 2.18 bits per heavy atom. The minimum Gasteiger partial charge on any atom is -0.319 e. The number of rotatable bonds is 5. The molecule has 1 unspecified atom stereocenters. The largest absolute Gasteiger partial charge is 0.395 e. The number of unbranched alkanes of at least 4 members (excludes halogenated alkanes) is 1. The molecule has 0 aromatic rings. The monoisotopic (exact) mass is 249 g/mol. The summed E-state index contributed by atoms with van der Waals surface area (Å²) < 4.78 is 38.0. The van der Waals surface area contributed by atoms with E-state index in [0.29, 0.717) is 19.4 Å². The van der Waals surface area contributed by atoms with E-state index in [0.717, 1.165) is 18.9 Å². The third kappa shape index (κ3) is 4.40. The number of carbonyl (C=O) groups is 1. The van der Waals surface area contributed by atoms with E-state index in [1.54, 1.807) is 0 Å². The van der Waals surface area contributed by atoms with Crippen molar-refractivity contribution in [2.45, 2.75) is 45.2 Å². The molecule has 1 rings (SSSR count). The maximum atomic E-state index is 12.7. The smallest absolute Gasteiger partial charge is 0.319 e. The van der Waals surface area contributed by atoms with Crippen LogP contribution in [0.1, 0.15) is 39.0 Å². The quantitative estimate of drug-likeness (QED) is 0.730. The zero-order chi connectivity index (χ0) is 12.9. The highest BCUT2D eigenvalue weighted by Crippen LogP contribution is 2.31. The second-order valence-corrected chi connectivity index (χ2v) is 4.32. The second kappa shape index (κ2) is 6.07. The minimum absolute atomic E-state index is 0.0855. The van der Waals surface area contributed by atoms with Crippen LogP contribution in [0.2, 0.25) is 0 Å². The molecule has 1 aliphatic rings. The lowest BCUT2D eigenvalue weighted by Crippen LogP contribution is -2.23. The van der Waals surface area contributed by atoms with Crippen molar-refractivity contribution >= 4 is 5.91 Å². The van der Waals surface area contributed by atoms with Crippen molar-refractivity contribution in [1.82, 2.24) is 4.90 Å². The van der Waals surface area contributed by atoms with Crippen LogP contribution >= 0.6 is 0 Å². The molecule has 2 nitrogen and oxygen atoms in total. The molecule has 5 heteroatoms. The summed E-state index contributed by atoms with van der Waals surface area (Å²) in [5.41, 5.74) is 0. The number of hydrogen-bond acceptors (Lipinski definition) is 1. The number of carbonyl (C=O) groups excluding carboxylic acids is 1. The molecular weight excluding hydrogens is 231 g/mol. The Morgan fingerprint density at radius 3 is 2.65 bits per heavy atom. The van der Waals surface area contributed by atoms with E-state index in [-0.39, 0.29) is 12.3 Å². The van der Waals surface area contributed by atoms with Crippen molar-refractivity contribution in [1.29, 1.82) is 0 Å². The van der Waals surface area contributed by atoms with Crippen LogP contribution in [-0.4, -0.2) is 23.5 Å². The number of hydrogen-bond donors (Lipinski definition) is 0. The van der Waals surface area contributed by atoms with Gasteiger partial charge >= 0.3 is 6.18 Å². The van der Waals surface area contributed by atoms with Gasteiger partial charge in [0.1, 0.15) is 0 Å². The fraction of sp³-hybridized carbons (Fsp3) is 0.750. The lowest BCUT2D eigenvalue weighted by Gasteiger charge is -2.17. The Balaban J connectivity index is 2.58. The number of halogens is 3. The van der Waals surface area contributed by atoms with Gasteiger partial charge < -0.3 is 4.90 Å².